The Hall–Kier alpha value is -3.69. The van der Waals surface area contributed by atoms with Gasteiger partial charge in [0.25, 0.3) is 0 Å². The summed E-state index contributed by atoms with van der Waals surface area (Å²) in [5.74, 6) is 1.82. The van der Waals surface area contributed by atoms with Gasteiger partial charge in [-0.15, -0.1) is 11.3 Å². The summed E-state index contributed by atoms with van der Waals surface area (Å²) in [4.78, 5) is 5.23. The van der Waals surface area contributed by atoms with Gasteiger partial charge in [-0.25, -0.2) is 4.98 Å². The van der Waals surface area contributed by atoms with E-state index in [2.05, 4.69) is 129 Å². The van der Waals surface area contributed by atoms with Crippen LogP contribution in [0.25, 0.3) is 49.3 Å². The molecular formula is C33H30N2S. The summed E-state index contributed by atoms with van der Waals surface area (Å²) in [6.45, 7) is 9.14. The molecule has 0 amide bonds. The molecule has 0 radical (unpaired) electrons. The smallest absolute Gasteiger partial charge is 0.147 e. The molecule has 0 fully saturated rings. The molecule has 3 heteroatoms. The highest BCUT2D eigenvalue weighted by atomic mass is 32.1. The van der Waals surface area contributed by atoms with E-state index in [-0.39, 0.29) is 0 Å². The summed E-state index contributed by atoms with van der Waals surface area (Å²) in [5, 5.41) is 3.54. The highest BCUT2D eigenvalue weighted by Gasteiger charge is 2.23. The van der Waals surface area contributed by atoms with Crippen molar-refractivity contribution in [3.05, 3.63) is 108 Å². The molecule has 0 N–H and O–H groups in total. The third kappa shape index (κ3) is 3.75. The van der Waals surface area contributed by atoms with Gasteiger partial charge >= 0.3 is 0 Å². The zero-order valence-corrected chi connectivity index (χ0v) is 22.0. The van der Waals surface area contributed by atoms with Crippen LogP contribution in [-0.2, 0) is 0 Å². The minimum absolute atomic E-state index is 0.403. The van der Waals surface area contributed by atoms with Gasteiger partial charge in [-0.3, -0.25) is 4.57 Å². The molecule has 6 aromatic rings. The molecule has 0 spiro atoms. The SMILES string of the molecule is CC(C)c1cccc(C(C)C)c1-n1c(-c2csc3cc(-c4ccccc4)ccc23)nc2ccccc21. The zero-order valence-electron chi connectivity index (χ0n) is 21.2. The highest BCUT2D eigenvalue weighted by Crippen LogP contribution is 2.41. The van der Waals surface area contributed by atoms with Crippen LogP contribution < -0.4 is 0 Å². The fourth-order valence-electron chi connectivity index (χ4n) is 5.21. The van der Waals surface area contributed by atoms with E-state index >= 15 is 0 Å². The second kappa shape index (κ2) is 9.07. The van der Waals surface area contributed by atoms with Crippen molar-refractivity contribution < 1.29 is 0 Å². The number of hydrogen-bond donors (Lipinski definition) is 0. The number of aromatic nitrogens is 2. The predicted octanol–water partition coefficient (Wildman–Crippen LogP) is 9.82. The Labute approximate surface area is 216 Å². The number of imidazole rings is 1. The molecule has 0 aliphatic rings. The molecule has 2 aromatic heterocycles. The maximum Gasteiger partial charge on any atom is 0.147 e. The van der Waals surface area contributed by atoms with Crippen molar-refractivity contribution in [1.82, 2.24) is 9.55 Å². The van der Waals surface area contributed by atoms with Crippen molar-refractivity contribution >= 4 is 32.5 Å². The van der Waals surface area contributed by atoms with Gasteiger partial charge in [-0.05, 0) is 52.3 Å². The molecule has 0 atom stereocenters. The number of hydrogen-bond acceptors (Lipinski definition) is 2. The first-order chi connectivity index (χ1) is 17.5. The fraction of sp³-hybridized carbons (Fsp3) is 0.182. The number of benzene rings is 4. The first-order valence-electron chi connectivity index (χ1n) is 12.7. The third-order valence-electron chi connectivity index (χ3n) is 7.05. The largest absolute Gasteiger partial charge is 0.292 e. The molecule has 0 bridgehead atoms. The van der Waals surface area contributed by atoms with Crippen molar-refractivity contribution in [2.75, 3.05) is 0 Å². The molecule has 36 heavy (non-hydrogen) atoms. The molecule has 2 nitrogen and oxygen atoms in total. The topological polar surface area (TPSA) is 17.8 Å². The maximum atomic E-state index is 5.23. The van der Waals surface area contributed by atoms with E-state index in [1.807, 2.05) is 0 Å². The lowest BCUT2D eigenvalue weighted by atomic mass is 9.92. The van der Waals surface area contributed by atoms with Crippen LogP contribution in [0.3, 0.4) is 0 Å². The Morgan fingerprint density at radius 1 is 0.694 bits per heavy atom. The molecule has 2 heterocycles. The number of nitrogens with zero attached hydrogens (tertiary/aromatic N) is 2. The van der Waals surface area contributed by atoms with Crippen molar-refractivity contribution in [1.29, 1.82) is 0 Å². The van der Waals surface area contributed by atoms with Crippen LogP contribution in [0.5, 0.6) is 0 Å². The Balaban J connectivity index is 1.63. The first kappa shape index (κ1) is 22.8. The summed E-state index contributed by atoms with van der Waals surface area (Å²) in [7, 11) is 0. The summed E-state index contributed by atoms with van der Waals surface area (Å²) < 4.78 is 3.71. The standard InChI is InChI=1S/C33H30N2S/c1-21(2)25-13-10-14-26(22(3)4)32(25)35-30-16-9-8-15-29(30)34-33(35)28-20-36-31-19-24(17-18-27(28)31)23-11-6-5-7-12-23/h5-22H,1-4H3. The molecule has 0 aliphatic carbocycles. The average molecular weight is 487 g/mol. The number of thiophene rings is 1. The van der Waals surface area contributed by atoms with Gasteiger partial charge in [0, 0.05) is 21.0 Å². The Morgan fingerprint density at radius 3 is 2.11 bits per heavy atom. The summed E-state index contributed by atoms with van der Waals surface area (Å²) in [6.07, 6.45) is 0. The lowest BCUT2D eigenvalue weighted by Crippen LogP contribution is -2.08. The van der Waals surface area contributed by atoms with Crippen molar-refractivity contribution in [3.8, 4) is 28.2 Å². The third-order valence-corrected chi connectivity index (χ3v) is 8.00. The van der Waals surface area contributed by atoms with E-state index in [1.165, 1.54) is 43.6 Å². The Kier molecular flexibility index (Phi) is 5.73. The van der Waals surface area contributed by atoms with Crippen LogP contribution in [0.4, 0.5) is 0 Å². The Morgan fingerprint density at radius 2 is 1.39 bits per heavy atom. The van der Waals surface area contributed by atoms with Gasteiger partial charge in [0.2, 0.25) is 0 Å². The maximum absolute atomic E-state index is 5.23. The normalized spacial score (nSPS) is 11.8. The molecule has 6 rings (SSSR count). The van der Waals surface area contributed by atoms with Gasteiger partial charge in [0.05, 0.1) is 16.7 Å². The number of rotatable bonds is 5. The lowest BCUT2D eigenvalue weighted by Gasteiger charge is -2.22. The number of para-hydroxylation sites is 3. The van der Waals surface area contributed by atoms with Gasteiger partial charge in [-0.2, -0.15) is 0 Å². The summed E-state index contributed by atoms with van der Waals surface area (Å²) in [6, 6.07) is 32.7. The first-order valence-corrected chi connectivity index (χ1v) is 13.6. The van der Waals surface area contributed by atoms with Gasteiger partial charge in [-0.1, -0.05) is 100 Å². The van der Waals surface area contributed by atoms with Gasteiger partial charge < -0.3 is 0 Å². The van der Waals surface area contributed by atoms with E-state index in [4.69, 9.17) is 4.98 Å². The predicted molar refractivity (Wildman–Crippen MR) is 156 cm³/mol. The van der Waals surface area contributed by atoms with E-state index in [0.717, 1.165) is 16.9 Å². The van der Waals surface area contributed by atoms with Crippen molar-refractivity contribution in [2.24, 2.45) is 0 Å². The minimum atomic E-state index is 0.403. The van der Waals surface area contributed by atoms with Crippen molar-refractivity contribution in [2.45, 2.75) is 39.5 Å². The van der Waals surface area contributed by atoms with E-state index in [1.54, 1.807) is 11.3 Å². The zero-order chi connectivity index (χ0) is 24.8. The minimum Gasteiger partial charge on any atom is -0.292 e. The molecule has 4 aromatic carbocycles. The fourth-order valence-corrected chi connectivity index (χ4v) is 6.19. The van der Waals surface area contributed by atoms with Gasteiger partial charge in [0.1, 0.15) is 5.82 Å². The van der Waals surface area contributed by atoms with Crippen LogP contribution >= 0.6 is 11.3 Å². The van der Waals surface area contributed by atoms with Crippen LogP contribution in [0.1, 0.15) is 50.7 Å². The van der Waals surface area contributed by atoms with Crippen LogP contribution in [0.15, 0.2) is 96.4 Å². The average Bonchev–Trinajstić information content (AvgIpc) is 3.49. The molecule has 0 aliphatic heterocycles. The Bertz CT molecular complexity index is 1660. The monoisotopic (exact) mass is 486 g/mol. The van der Waals surface area contributed by atoms with Crippen LogP contribution in [0, 0.1) is 0 Å². The van der Waals surface area contributed by atoms with E-state index in [0.29, 0.717) is 11.8 Å². The second-order valence-corrected chi connectivity index (χ2v) is 11.0. The molecule has 178 valence electrons. The molecule has 0 saturated carbocycles. The summed E-state index contributed by atoms with van der Waals surface area (Å²) in [5.41, 5.74) is 9.87. The van der Waals surface area contributed by atoms with Crippen LogP contribution in [0.2, 0.25) is 0 Å². The summed E-state index contributed by atoms with van der Waals surface area (Å²) >= 11 is 1.80. The molecule has 0 saturated heterocycles. The van der Waals surface area contributed by atoms with Gasteiger partial charge in [0.15, 0.2) is 0 Å². The van der Waals surface area contributed by atoms with Crippen LogP contribution in [-0.4, -0.2) is 9.55 Å². The highest BCUT2D eigenvalue weighted by molar-refractivity contribution is 7.17. The second-order valence-electron chi connectivity index (χ2n) is 10.1. The van der Waals surface area contributed by atoms with Crippen molar-refractivity contribution in [3.63, 3.8) is 0 Å². The molecule has 0 unspecified atom stereocenters. The number of fused-ring (bicyclic) bond motifs is 2. The molecular weight excluding hydrogens is 456 g/mol. The lowest BCUT2D eigenvalue weighted by molar-refractivity contribution is 0.811. The van der Waals surface area contributed by atoms with E-state index < -0.39 is 0 Å². The van der Waals surface area contributed by atoms with E-state index in [9.17, 15) is 0 Å². The quantitative estimate of drug-likeness (QED) is 0.237.